The van der Waals surface area contributed by atoms with Gasteiger partial charge >= 0.3 is 5.97 Å². The second-order valence-electron chi connectivity index (χ2n) is 7.79. The van der Waals surface area contributed by atoms with Gasteiger partial charge in [-0.15, -0.1) is 0 Å². The highest BCUT2D eigenvalue weighted by Crippen LogP contribution is 2.26. The van der Waals surface area contributed by atoms with Gasteiger partial charge in [-0.2, -0.15) is 4.98 Å². The van der Waals surface area contributed by atoms with Crippen LogP contribution in [0.25, 0.3) is 0 Å². The zero-order chi connectivity index (χ0) is 20.1. The lowest BCUT2D eigenvalue weighted by Gasteiger charge is -2.30. The normalized spacial score (nSPS) is 15.2. The van der Waals surface area contributed by atoms with Crippen molar-refractivity contribution in [2.24, 2.45) is 5.92 Å². The van der Waals surface area contributed by atoms with E-state index in [0.29, 0.717) is 29.9 Å². The van der Waals surface area contributed by atoms with Gasteiger partial charge in [0.15, 0.2) is 0 Å². The Hall–Kier alpha value is -2.57. The summed E-state index contributed by atoms with van der Waals surface area (Å²) in [4.78, 5) is 17.7. The first-order valence-electron chi connectivity index (χ1n) is 9.99. The number of rotatable bonds is 8. The summed E-state index contributed by atoms with van der Waals surface area (Å²) in [5.41, 5.74) is 1.04. The van der Waals surface area contributed by atoms with Crippen LogP contribution in [-0.4, -0.2) is 40.9 Å². The molecule has 28 heavy (non-hydrogen) atoms. The smallest absolute Gasteiger partial charge is 0.335 e. The molecule has 0 unspecified atom stereocenters. The molecule has 0 saturated carbocycles. The van der Waals surface area contributed by atoms with Crippen molar-refractivity contribution in [3.8, 4) is 5.75 Å². The largest absolute Gasteiger partial charge is 0.494 e. The third kappa shape index (κ3) is 5.03. The number of aromatic carboxylic acids is 1. The molecular weight excluding hydrogens is 358 g/mol. The molecule has 152 valence electrons. The summed E-state index contributed by atoms with van der Waals surface area (Å²) >= 11 is 0. The first-order valence-corrected chi connectivity index (χ1v) is 9.99. The predicted molar refractivity (Wildman–Crippen MR) is 106 cm³/mol. The van der Waals surface area contributed by atoms with Gasteiger partial charge in [0, 0.05) is 19.0 Å². The average molecular weight is 387 g/mol. The zero-order valence-corrected chi connectivity index (χ0v) is 16.9. The van der Waals surface area contributed by atoms with Gasteiger partial charge in [-0.3, -0.25) is 0 Å². The lowest BCUT2D eigenvalue weighted by molar-refractivity contribution is 0.0696. The number of aryl methyl sites for hydroxylation is 1. The molecule has 7 heteroatoms. The number of benzene rings is 1. The molecule has 1 N–H and O–H groups in total. The Balaban J connectivity index is 1.37. The van der Waals surface area contributed by atoms with Gasteiger partial charge in [-0.25, -0.2) is 4.79 Å². The van der Waals surface area contributed by atoms with E-state index < -0.39 is 5.97 Å². The van der Waals surface area contributed by atoms with Gasteiger partial charge < -0.3 is 19.3 Å². The molecule has 1 fully saturated rings. The van der Waals surface area contributed by atoms with Crippen molar-refractivity contribution in [2.75, 3.05) is 24.6 Å². The van der Waals surface area contributed by atoms with E-state index in [2.05, 4.69) is 15.0 Å². The van der Waals surface area contributed by atoms with Crippen LogP contribution in [-0.2, 0) is 0 Å². The van der Waals surface area contributed by atoms with Crippen molar-refractivity contribution < 1.29 is 19.2 Å². The number of ether oxygens (including phenoxy) is 1. The summed E-state index contributed by atoms with van der Waals surface area (Å²) in [7, 11) is 0. The van der Waals surface area contributed by atoms with Crippen LogP contribution in [0.4, 0.5) is 5.95 Å². The molecule has 1 aromatic carbocycles. The number of carbonyl (C=O) groups is 1. The summed E-state index contributed by atoms with van der Waals surface area (Å²) in [6.07, 6.45) is 4.36. The highest BCUT2D eigenvalue weighted by Gasteiger charge is 2.23. The first kappa shape index (κ1) is 20.2. The second kappa shape index (κ2) is 9.08. The Kier molecular flexibility index (Phi) is 6.54. The number of carboxylic acid groups (broad SMARTS) is 1. The van der Waals surface area contributed by atoms with Gasteiger partial charge in [-0.05, 0) is 67.4 Å². The third-order valence-corrected chi connectivity index (χ3v) is 5.28. The SMILES string of the molecule is Cc1cc(OCCCC2CCN(c3noc(C(C)C)n3)CC2)ccc1C(=O)O. The molecular formula is C21H29N3O4. The molecule has 0 amide bonds. The van der Waals surface area contributed by atoms with Gasteiger partial charge in [-0.1, -0.05) is 13.8 Å². The van der Waals surface area contributed by atoms with Gasteiger partial charge in [0.2, 0.25) is 5.89 Å². The van der Waals surface area contributed by atoms with E-state index in [-0.39, 0.29) is 5.92 Å². The van der Waals surface area contributed by atoms with Crippen molar-refractivity contribution in [2.45, 2.75) is 52.4 Å². The van der Waals surface area contributed by atoms with E-state index in [1.807, 2.05) is 13.8 Å². The van der Waals surface area contributed by atoms with Crippen LogP contribution in [0.3, 0.4) is 0 Å². The minimum absolute atomic E-state index is 0.253. The molecule has 1 aliphatic heterocycles. The molecule has 1 aromatic heterocycles. The monoisotopic (exact) mass is 387 g/mol. The van der Waals surface area contributed by atoms with E-state index in [4.69, 9.17) is 14.4 Å². The summed E-state index contributed by atoms with van der Waals surface area (Å²) in [5.74, 6) is 2.17. The molecule has 0 bridgehead atoms. The number of anilines is 1. The number of hydrogen-bond acceptors (Lipinski definition) is 6. The van der Waals surface area contributed by atoms with Crippen LogP contribution in [0, 0.1) is 12.8 Å². The van der Waals surface area contributed by atoms with Gasteiger partial charge in [0.25, 0.3) is 5.95 Å². The number of piperidine rings is 1. The lowest BCUT2D eigenvalue weighted by Crippen LogP contribution is -2.34. The Bertz CT molecular complexity index is 795. The maximum absolute atomic E-state index is 11.1. The van der Waals surface area contributed by atoms with Crippen LogP contribution < -0.4 is 9.64 Å². The van der Waals surface area contributed by atoms with Gasteiger partial charge in [0.05, 0.1) is 12.2 Å². The fraction of sp³-hybridized carbons (Fsp3) is 0.571. The maximum Gasteiger partial charge on any atom is 0.335 e. The van der Waals surface area contributed by atoms with Crippen molar-refractivity contribution in [3.63, 3.8) is 0 Å². The van der Waals surface area contributed by atoms with Crippen LogP contribution in [0.5, 0.6) is 5.75 Å². The van der Waals surface area contributed by atoms with E-state index in [0.717, 1.165) is 50.1 Å². The van der Waals surface area contributed by atoms with Crippen LogP contribution >= 0.6 is 0 Å². The molecule has 3 rings (SSSR count). The highest BCUT2D eigenvalue weighted by molar-refractivity contribution is 5.89. The minimum atomic E-state index is -0.906. The number of carboxylic acids is 1. The summed E-state index contributed by atoms with van der Waals surface area (Å²) in [6.45, 7) is 8.45. The van der Waals surface area contributed by atoms with Crippen LogP contribution in [0.1, 0.15) is 67.3 Å². The van der Waals surface area contributed by atoms with Crippen molar-refractivity contribution >= 4 is 11.9 Å². The quantitative estimate of drug-likeness (QED) is 0.676. The molecule has 0 aliphatic carbocycles. The van der Waals surface area contributed by atoms with Crippen molar-refractivity contribution in [1.82, 2.24) is 10.1 Å². The Morgan fingerprint density at radius 1 is 1.36 bits per heavy atom. The average Bonchev–Trinajstić information content (AvgIpc) is 3.16. The molecule has 2 aromatic rings. The molecule has 7 nitrogen and oxygen atoms in total. The molecule has 2 heterocycles. The Morgan fingerprint density at radius 2 is 2.11 bits per heavy atom. The van der Waals surface area contributed by atoms with Crippen LogP contribution in [0.2, 0.25) is 0 Å². The summed E-state index contributed by atoms with van der Waals surface area (Å²) in [6, 6.07) is 5.12. The number of nitrogens with zero attached hydrogens (tertiary/aromatic N) is 3. The van der Waals surface area contributed by atoms with E-state index >= 15 is 0 Å². The van der Waals surface area contributed by atoms with E-state index in [1.165, 1.54) is 0 Å². The first-order chi connectivity index (χ1) is 13.4. The zero-order valence-electron chi connectivity index (χ0n) is 16.9. The summed E-state index contributed by atoms with van der Waals surface area (Å²) in [5, 5.41) is 13.2. The predicted octanol–water partition coefficient (Wildman–Crippen LogP) is 4.28. The molecule has 1 saturated heterocycles. The highest BCUT2D eigenvalue weighted by atomic mass is 16.5. The fourth-order valence-corrected chi connectivity index (χ4v) is 3.54. The minimum Gasteiger partial charge on any atom is -0.494 e. The number of hydrogen-bond donors (Lipinski definition) is 1. The van der Waals surface area contributed by atoms with Crippen molar-refractivity contribution in [1.29, 1.82) is 0 Å². The third-order valence-electron chi connectivity index (χ3n) is 5.28. The lowest BCUT2D eigenvalue weighted by atomic mass is 9.92. The van der Waals surface area contributed by atoms with Crippen molar-refractivity contribution in [3.05, 3.63) is 35.2 Å². The van der Waals surface area contributed by atoms with Crippen LogP contribution in [0.15, 0.2) is 22.7 Å². The molecule has 0 spiro atoms. The van der Waals surface area contributed by atoms with Gasteiger partial charge in [0.1, 0.15) is 5.75 Å². The van der Waals surface area contributed by atoms with E-state index in [9.17, 15) is 4.79 Å². The Morgan fingerprint density at radius 3 is 2.71 bits per heavy atom. The molecule has 0 radical (unpaired) electrons. The topological polar surface area (TPSA) is 88.7 Å². The Labute approximate surface area is 165 Å². The standard InChI is InChI=1S/C21H29N3O4/c1-14(2)19-22-21(23-28-19)24-10-8-16(9-11-24)5-4-12-27-17-6-7-18(20(25)26)15(3)13-17/h6-7,13-14,16H,4-5,8-12H2,1-3H3,(H,25,26). The second-order valence-corrected chi connectivity index (χ2v) is 7.79. The molecule has 0 atom stereocenters. The summed E-state index contributed by atoms with van der Waals surface area (Å²) < 4.78 is 11.1. The maximum atomic E-state index is 11.1. The number of aromatic nitrogens is 2. The van der Waals surface area contributed by atoms with E-state index in [1.54, 1.807) is 25.1 Å². The molecule has 1 aliphatic rings. The fourth-order valence-electron chi connectivity index (χ4n) is 3.54.